The zero-order chi connectivity index (χ0) is 17.5. The average molecular weight is 366 g/mol. The summed E-state index contributed by atoms with van der Waals surface area (Å²) in [4.78, 5) is 12.3. The number of amides is 1. The van der Waals surface area contributed by atoms with Crippen LogP contribution in [0.3, 0.4) is 0 Å². The first-order chi connectivity index (χ1) is 11.5. The molecule has 1 N–H and O–H groups in total. The number of methoxy groups -OCH3 is 1. The SMILES string of the molecule is CC[C@@H](NC(=O)CCc1c(Cl)cccc1Cl)c1ccc(OC)cc1. The first-order valence-electron chi connectivity index (χ1n) is 7.91. The second-order valence-electron chi connectivity index (χ2n) is 5.50. The molecule has 128 valence electrons. The lowest BCUT2D eigenvalue weighted by atomic mass is 10.0. The van der Waals surface area contributed by atoms with E-state index in [-0.39, 0.29) is 11.9 Å². The molecule has 3 nitrogen and oxygen atoms in total. The summed E-state index contributed by atoms with van der Waals surface area (Å²) in [5.41, 5.74) is 1.87. The summed E-state index contributed by atoms with van der Waals surface area (Å²) in [6.45, 7) is 2.04. The third-order valence-corrected chi connectivity index (χ3v) is 4.63. The van der Waals surface area contributed by atoms with Gasteiger partial charge in [-0.05, 0) is 48.2 Å². The maximum absolute atomic E-state index is 12.3. The molecule has 1 amide bonds. The Kier molecular flexibility index (Phi) is 6.95. The van der Waals surface area contributed by atoms with E-state index in [4.69, 9.17) is 27.9 Å². The first-order valence-corrected chi connectivity index (χ1v) is 8.67. The van der Waals surface area contributed by atoms with Gasteiger partial charge in [0, 0.05) is 16.5 Å². The average Bonchev–Trinajstić information content (AvgIpc) is 2.59. The number of hydrogen-bond acceptors (Lipinski definition) is 2. The lowest BCUT2D eigenvalue weighted by Gasteiger charge is -2.18. The van der Waals surface area contributed by atoms with Crippen LogP contribution in [-0.4, -0.2) is 13.0 Å². The largest absolute Gasteiger partial charge is 0.497 e. The lowest BCUT2D eigenvalue weighted by Crippen LogP contribution is -2.28. The predicted octanol–water partition coefficient (Wildman–Crippen LogP) is 5.20. The summed E-state index contributed by atoms with van der Waals surface area (Å²) in [5.74, 6) is 0.780. The van der Waals surface area contributed by atoms with Gasteiger partial charge >= 0.3 is 0 Å². The predicted molar refractivity (Wildman–Crippen MR) is 99.0 cm³/mol. The van der Waals surface area contributed by atoms with Crippen molar-refractivity contribution in [3.05, 3.63) is 63.6 Å². The van der Waals surface area contributed by atoms with Crippen LogP contribution in [0.15, 0.2) is 42.5 Å². The number of nitrogens with one attached hydrogen (secondary N) is 1. The fourth-order valence-electron chi connectivity index (χ4n) is 2.53. The number of carbonyl (C=O) groups is 1. The summed E-state index contributed by atoms with van der Waals surface area (Å²) >= 11 is 12.3. The van der Waals surface area contributed by atoms with E-state index in [1.165, 1.54) is 0 Å². The third kappa shape index (κ3) is 4.89. The quantitative estimate of drug-likeness (QED) is 0.731. The first kappa shape index (κ1) is 18.6. The molecule has 0 aliphatic heterocycles. The topological polar surface area (TPSA) is 38.3 Å². The molecule has 0 heterocycles. The van der Waals surface area contributed by atoms with E-state index in [0.29, 0.717) is 22.9 Å². The normalized spacial score (nSPS) is 11.8. The van der Waals surface area contributed by atoms with E-state index in [2.05, 4.69) is 5.32 Å². The van der Waals surface area contributed by atoms with E-state index >= 15 is 0 Å². The van der Waals surface area contributed by atoms with E-state index in [1.54, 1.807) is 25.3 Å². The number of carbonyl (C=O) groups excluding carboxylic acids is 1. The Balaban J connectivity index is 1.96. The number of benzene rings is 2. The molecule has 0 saturated carbocycles. The lowest BCUT2D eigenvalue weighted by molar-refractivity contribution is -0.121. The van der Waals surface area contributed by atoms with E-state index in [9.17, 15) is 4.79 Å². The zero-order valence-electron chi connectivity index (χ0n) is 13.8. The maximum Gasteiger partial charge on any atom is 0.220 e. The summed E-state index contributed by atoms with van der Waals surface area (Å²) in [6, 6.07) is 13.1. The molecule has 0 aliphatic carbocycles. The van der Waals surface area contributed by atoms with Gasteiger partial charge in [-0.15, -0.1) is 0 Å². The highest BCUT2D eigenvalue weighted by atomic mass is 35.5. The molecule has 0 saturated heterocycles. The van der Waals surface area contributed by atoms with Crippen LogP contribution in [-0.2, 0) is 11.2 Å². The Bertz CT molecular complexity index is 666. The standard InChI is InChI=1S/C19H21Cl2NO2/c1-3-18(13-7-9-14(24-2)10-8-13)22-19(23)12-11-15-16(20)5-4-6-17(15)21/h4-10,18H,3,11-12H2,1-2H3,(H,22,23)/t18-/m1/s1. The van der Waals surface area contributed by atoms with Gasteiger partial charge in [0.1, 0.15) is 5.75 Å². The summed E-state index contributed by atoms with van der Waals surface area (Å²) in [6.07, 6.45) is 1.67. The molecule has 5 heteroatoms. The molecule has 1 atom stereocenters. The van der Waals surface area contributed by atoms with Crippen LogP contribution in [0, 0.1) is 0 Å². The van der Waals surface area contributed by atoms with Crippen molar-refractivity contribution in [2.75, 3.05) is 7.11 Å². The fraction of sp³-hybridized carbons (Fsp3) is 0.316. The Hall–Kier alpha value is -1.71. The number of ether oxygens (including phenoxy) is 1. The number of rotatable bonds is 7. The van der Waals surface area contributed by atoms with E-state index in [1.807, 2.05) is 31.2 Å². The van der Waals surface area contributed by atoms with Crippen molar-refractivity contribution in [1.29, 1.82) is 0 Å². The Morgan fingerprint density at radius 2 is 1.75 bits per heavy atom. The van der Waals surface area contributed by atoms with Crippen LogP contribution >= 0.6 is 23.2 Å². The van der Waals surface area contributed by atoms with Crippen molar-refractivity contribution in [1.82, 2.24) is 5.32 Å². The Morgan fingerprint density at radius 1 is 1.12 bits per heavy atom. The zero-order valence-corrected chi connectivity index (χ0v) is 15.3. The molecule has 2 rings (SSSR count). The minimum Gasteiger partial charge on any atom is -0.497 e. The molecular weight excluding hydrogens is 345 g/mol. The summed E-state index contributed by atoms with van der Waals surface area (Å²) in [5, 5.41) is 4.25. The van der Waals surface area contributed by atoms with Crippen LogP contribution in [0.1, 0.15) is 36.9 Å². The Labute approximate surface area is 152 Å². The van der Waals surface area contributed by atoms with Crippen molar-refractivity contribution in [3.8, 4) is 5.75 Å². The molecule has 0 bridgehead atoms. The second-order valence-corrected chi connectivity index (χ2v) is 6.32. The number of hydrogen-bond donors (Lipinski definition) is 1. The summed E-state index contributed by atoms with van der Waals surface area (Å²) < 4.78 is 5.16. The van der Waals surface area contributed by atoms with Gasteiger partial charge in [0.2, 0.25) is 5.91 Å². The van der Waals surface area contributed by atoms with Crippen molar-refractivity contribution in [3.63, 3.8) is 0 Å². The molecule has 0 spiro atoms. The van der Waals surface area contributed by atoms with E-state index in [0.717, 1.165) is 23.3 Å². The highest BCUT2D eigenvalue weighted by molar-refractivity contribution is 6.36. The van der Waals surface area contributed by atoms with Crippen LogP contribution in [0.25, 0.3) is 0 Å². The minimum absolute atomic E-state index is 0.0198. The van der Waals surface area contributed by atoms with Crippen LogP contribution in [0.4, 0.5) is 0 Å². The molecule has 0 unspecified atom stereocenters. The van der Waals surface area contributed by atoms with Gasteiger partial charge in [-0.3, -0.25) is 4.79 Å². The number of halogens is 2. The molecular formula is C19H21Cl2NO2. The molecule has 0 aromatic heterocycles. The fourth-order valence-corrected chi connectivity index (χ4v) is 3.12. The monoisotopic (exact) mass is 365 g/mol. The van der Waals surface area contributed by atoms with Gasteiger partial charge in [-0.2, -0.15) is 0 Å². The van der Waals surface area contributed by atoms with Crippen LogP contribution in [0.2, 0.25) is 10.0 Å². The smallest absolute Gasteiger partial charge is 0.220 e. The molecule has 0 fully saturated rings. The highest BCUT2D eigenvalue weighted by Gasteiger charge is 2.14. The Morgan fingerprint density at radius 3 is 2.29 bits per heavy atom. The third-order valence-electron chi connectivity index (χ3n) is 3.93. The van der Waals surface area contributed by atoms with Gasteiger partial charge in [0.05, 0.1) is 13.2 Å². The molecule has 0 radical (unpaired) electrons. The van der Waals surface area contributed by atoms with Crippen LogP contribution < -0.4 is 10.1 Å². The van der Waals surface area contributed by atoms with E-state index < -0.39 is 0 Å². The van der Waals surface area contributed by atoms with Gasteiger partial charge in [-0.25, -0.2) is 0 Å². The minimum atomic E-state index is -0.0230. The molecule has 24 heavy (non-hydrogen) atoms. The van der Waals surface area contributed by atoms with Gasteiger partial charge in [0.15, 0.2) is 0 Å². The van der Waals surface area contributed by atoms with Gasteiger partial charge in [0.25, 0.3) is 0 Å². The maximum atomic E-state index is 12.3. The van der Waals surface area contributed by atoms with Gasteiger partial charge in [-0.1, -0.05) is 48.3 Å². The second kappa shape index (κ2) is 8.95. The molecule has 2 aromatic rings. The van der Waals surface area contributed by atoms with Crippen molar-refractivity contribution in [2.45, 2.75) is 32.2 Å². The highest BCUT2D eigenvalue weighted by Crippen LogP contribution is 2.26. The van der Waals surface area contributed by atoms with Crippen molar-refractivity contribution in [2.24, 2.45) is 0 Å². The summed E-state index contributed by atoms with van der Waals surface area (Å²) in [7, 11) is 1.63. The van der Waals surface area contributed by atoms with Crippen molar-refractivity contribution < 1.29 is 9.53 Å². The van der Waals surface area contributed by atoms with Gasteiger partial charge < -0.3 is 10.1 Å². The van der Waals surface area contributed by atoms with Crippen LogP contribution in [0.5, 0.6) is 5.75 Å². The molecule has 0 aliphatic rings. The van der Waals surface area contributed by atoms with Crippen molar-refractivity contribution >= 4 is 29.1 Å². The molecule has 2 aromatic carbocycles.